The molecule has 1 aromatic rings. The molecule has 2 saturated heterocycles. The number of ether oxygens (including phenoxy) is 1. The van der Waals surface area contributed by atoms with Crippen molar-refractivity contribution in [2.75, 3.05) is 39.3 Å². The van der Waals surface area contributed by atoms with Crippen molar-refractivity contribution in [2.24, 2.45) is 0 Å². The minimum Gasteiger partial charge on any atom is -0.374 e. The van der Waals surface area contributed by atoms with E-state index in [-0.39, 0.29) is 18.2 Å². The normalized spacial score (nSPS) is 28.2. The van der Waals surface area contributed by atoms with E-state index in [9.17, 15) is 4.79 Å². The van der Waals surface area contributed by atoms with Crippen molar-refractivity contribution in [3.05, 3.63) is 22.4 Å². The van der Waals surface area contributed by atoms with Crippen LogP contribution in [0.15, 0.2) is 16.8 Å². The lowest BCUT2D eigenvalue weighted by molar-refractivity contribution is -0.131. The largest absolute Gasteiger partial charge is 0.374 e. The average molecular weight is 295 g/mol. The van der Waals surface area contributed by atoms with Crippen LogP contribution in [0.4, 0.5) is 0 Å². The van der Waals surface area contributed by atoms with Gasteiger partial charge in [0.05, 0.1) is 25.8 Å². The van der Waals surface area contributed by atoms with Crippen LogP contribution in [-0.2, 0) is 9.53 Å². The number of amides is 1. The van der Waals surface area contributed by atoms with Gasteiger partial charge >= 0.3 is 0 Å². The van der Waals surface area contributed by atoms with Crippen LogP contribution in [0.25, 0.3) is 0 Å². The fraction of sp³-hybridized carbons (Fsp3) is 0.643. The summed E-state index contributed by atoms with van der Waals surface area (Å²) >= 11 is 1.66. The van der Waals surface area contributed by atoms with Crippen molar-refractivity contribution in [2.45, 2.75) is 19.2 Å². The van der Waals surface area contributed by atoms with Gasteiger partial charge in [0.15, 0.2) is 0 Å². The highest BCUT2D eigenvalue weighted by molar-refractivity contribution is 7.07. The first kappa shape index (κ1) is 14.0. The van der Waals surface area contributed by atoms with Crippen LogP contribution < -0.4 is 5.32 Å². The molecule has 0 spiro atoms. The number of likely N-dealkylation sites (N-methyl/N-ethyl adjacent to an activating group) is 1. The quantitative estimate of drug-likeness (QED) is 0.896. The summed E-state index contributed by atoms with van der Waals surface area (Å²) in [6, 6.07) is 2.08. The zero-order chi connectivity index (χ0) is 13.9. The molecule has 2 aliphatic heterocycles. The lowest BCUT2D eigenvalue weighted by atomic mass is 10.2. The molecule has 1 aromatic heterocycles. The smallest absolute Gasteiger partial charge is 0.238 e. The first-order valence-corrected chi connectivity index (χ1v) is 8.11. The topological polar surface area (TPSA) is 44.8 Å². The second-order valence-corrected chi connectivity index (χ2v) is 6.05. The van der Waals surface area contributed by atoms with Crippen LogP contribution in [0.5, 0.6) is 0 Å². The molecule has 2 unspecified atom stereocenters. The molecule has 0 bridgehead atoms. The Morgan fingerprint density at radius 1 is 1.55 bits per heavy atom. The Bertz CT molecular complexity index is 451. The van der Waals surface area contributed by atoms with Gasteiger partial charge < -0.3 is 9.64 Å². The van der Waals surface area contributed by atoms with Crippen molar-refractivity contribution in [3.63, 3.8) is 0 Å². The van der Waals surface area contributed by atoms with E-state index in [1.54, 1.807) is 11.3 Å². The second-order valence-electron chi connectivity index (χ2n) is 5.27. The minimum atomic E-state index is 0.00866. The van der Waals surface area contributed by atoms with Crippen molar-refractivity contribution >= 4 is 17.2 Å². The summed E-state index contributed by atoms with van der Waals surface area (Å²) in [6.07, 6.45) is 0.128. The summed E-state index contributed by atoms with van der Waals surface area (Å²) in [4.78, 5) is 16.4. The molecular formula is C14H21N3O2S. The van der Waals surface area contributed by atoms with E-state index in [2.05, 4.69) is 28.6 Å². The third-order valence-corrected chi connectivity index (χ3v) is 4.71. The van der Waals surface area contributed by atoms with E-state index in [1.807, 2.05) is 10.3 Å². The van der Waals surface area contributed by atoms with Gasteiger partial charge in [-0.2, -0.15) is 11.3 Å². The molecule has 1 N–H and O–H groups in total. The molecule has 6 heteroatoms. The van der Waals surface area contributed by atoms with Crippen LogP contribution in [0.1, 0.15) is 18.7 Å². The zero-order valence-corrected chi connectivity index (χ0v) is 12.6. The predicted molar refractivity (Wildman–Crippen MR) is 78.6 cm³/mol. The number of nitrogens with zero attached hydrogens (tertiary/aromatic N) is 2. The lowest BCUT2D eigenvalue weighted by Gasteiger charge is -2.35. The maximum atomic E-state index is 12.1. The molecule has 0 saturated carbocycles. The zero-order valence-electron chi connectivity index (χ0n) is 11.7. The summed E-state index contributed by atoms with van der Waals surface area (Å²) in [6.45, 7) is 6.97. The molecule has 0 aliphatic carbocycles. The Balaban J connectivity index is 1.66. The third-order valence-electron chi connectivity index (χ3n) is 4.01. The molecule has 0 radical (unpaired) electrons. The van der Waals surface area contributed by atoms with Gasteiger partial charge in [0.2, 0.25) is 5.91 Å². The third kappa shape index (κ3) is 2.88. The van der Waals surface area contributed by atoms with Crippen LogP contribution >= 0.6 is 11.3 Å². The molecule has 3 heterocycles. The number of rotatable bonds is 4. The van der Waals surface area contributed by atoms with Crippen LogP contribution in [-0.4, -0.2) is 61.1 Å². The summed E-state index contributed by atoms with van der Waals surface area (Å²) in [5.41, 5.74) is 1.17. The standard InChI is InChI=1S/C14H21N3O2S/c1-2-16-4-5-19-12(8-16)9-17-13(18)7-15-14(17)11-3-6-20-10-11/h3,6,10,12,14-15H,2,4-5,7-9H2,1H3. The van der Waals surface area contributed by atoms with Crippen molar-refractivity contribution in [1.82, 2.24) is 15.1 Å². The lowest BCUT2D eigenvalue weighted by Crippen LogP contribution is -2.48. The number of hydrogen-bond donors (Lipinski definition) is 1. The highest BCUT2D eigenvalue weighted by Crippen LogP contribution is 2.25. The van der Waals surface area contributed by atoms with Gasteiger partial charge in [0.1, 0.15) is 6.17 Å². The maximum absolute atomic E-state index is 12.1. The Kier molecular flexibility index (Phi) is 4.35. The van der Waals surface area contributed by atoms with Gasteiger partial charge in [-0.15, -0.1) is 0 Å². The highest BCUT2D eigenvalue weighted by Gasteiger charge is 2.34. The molecule has 1 amide bonds. The summed E-state index contributed by atoms with van der Waals surface area (Å²) in [7, 11) is 0. The van der Waals surface area contributed by atoms with E-state index in [0.717, 1.165) is 26.2 Å². The van der Waals surface area contributed by atoms with Gasteiger partial charge in [0, 0.05) is 13.1 Å². The van der Waals surface area contributed by atoms with Crippen LogP contribution in [0.3, 0.4) is 0 Å². The molecule has 2 atom stereocenters. The first-order valence-electron chi connectivity index (χ1n) is 7.17. The molecule has 5 nitrogen and oxygen atoms in total. The molecule has 2 aliphatic rings. The molecule has 3 rings (SSSR count). The van der Waals surface area contributed by atoms with Gasteiger partial charge in [-0.25, -0.2) is 0 Å². The number of morpholine rings is 1. The number of hydrogen-bond acceptors (Lipinski definition) is 5. The van der Waals surface area contributed by atoms with E-state index < -0.39 is 0 Å². The molecule has 110 valence electrons. The fourth-order valence-electron chi connectivity index (χ4n) is 2.87. The number of carbonyl (C=O) groups excluding carboxylic acids is 1. The van der Waals surface area contributed by atoms with E-state index >= 15 is 0 Å². The average Bonchev–Trinajstić information content (AvgIpc) is 3.10. The molecular weight excluding hydrogens is 274 g/mol. The Morgan fingerprint density at radius 2 is 2.45 bits per heavy atom. The Labute approximate surface area is 123 Å². The molecule has 0 aromatic carbocycles. The van der Waals surface area contributed by atoms with E-state index in [1.165, 1.54) is 5.56 Å². The van der Waals surface area contributed by atoms with Gasteiger partial charge in [-0.05, 0) is 28.9 Å². The fourth-order valence-corrected chi connectivity index (χ4v) is 3.55. The minimum absolute atomic E-state index is 0.00866. The maximum Gasteiger partial charge on any atom is 0.238 e. The SMILES string of the molecule is CCN1CCOC(CN2C(=O)CNC2c2ccsc2)C1. The molecule has 20 heavy (non-hydrogen) atoms. The summed E-state index contributed by atoms with van der Waals surface area (Å²) < 4.78 is 5.83. The number of nitrogens with one attached hydrogen (secondary N) is 1. The van der Waals surface area contributed by atoms with Crippen molar-refractivity contribution in [1.29, 1.82) is 0 Å². The summed E-state index contributed by atoms with van der Waals surface area (Å²) in [5, 5.41) is 7.44. The monoisotopic (exact) mass is 295 g/mol. The van der Waals surface area contributed by atoms with Crippen LogP contribution in [0.2, 0.25) is 0 Å². The number of carbonyl (C=O) groups is 1. The van der Waals surface area contributed by atoms with Gasteiger partial charge in [-0.3, -0.25) is 15.0 Å². The first-order chi connectivity index (χ1) is 9.78. The Morgan fingerprint density at radius 3 is 3.20 bits per heavy atom. The highest BCUT2D eigenvalue weighted by atomic mass is 32.1. The second kappa shape index (κ2) is 6.22. The summed E-state index contributed by atoms with van der Waals surface area (Å²) in [5.74, 6) is 0.165. The van der Waals surface area contributed by atoms with Crippen LogP contribution in [0, 0.1) is 0 Å². The van der Waals surface area contributed by atoms with Gasteiger partial charge in [-0.1, -0.05) is 6.92 Å². The van der Waals surface area contributed by atoms with Crippen molar-refractivity contribution < 1.29 is 9.53 Å². The van der Waals surface area contributed by atoms with Crippen molar-refractivity contribution in [3.8, 4) is 0 Å². The van der Waals surface area contributed by atoms with E-state index in [0.29, 0.717) is 13.1 Å². The predicted octanol–water partition coefficient (Wildman–Crippen LogP) is 0.899. The number of thiophene rings is 1. The Hall–Kier alpha value is -0.950. The van der Waals surface area contributed by atoms with Gasteiger partial charge in [0.25, 0.3) is 0 Å². The van der Waals surface area contributed by atoms with E-state index in [4.69, 9.17) is 4.74 Å². The molecule has 2 fully saturated rings.